The molecule has 27 heavy (non-hydrogen) atoms. The predicted molar refractivity (Wildman–Crippen MR) is 104 cm³/mol. The quantitative estimate of drug-likeness (QED) is 0.507. The number of nitro benzene ring substituents is 1. The fraction of sp³-hybridized carbons (Fsp3) is 0.316. The fourth-order valence-corrected chi connectivity index (χ4v) is 2.72. The Kier molecular flexibility index (Phi) is 5.16. The van der Waals surface area contributed by atoms with E-state index < -0.39 is 4.92 Å². The van der Waals surface area contributed by atoms with Gasteiger partial charge in [-0.3, -0.25) is 10.1 Å². The number of nitro groups is 1. The highest BCUT2D eigenvalue weighted by molar-refractivity contribution is 5.68. The van der Waals surface area contributed by atoms with Crippen LogP contribution in [0.15, 0.2) is 42.5 Å². The molecule has 0 aliphatic carbocycles. The van der Waals surface area contributed by atoms with Crippen molar-refractivity contribution in [3.8, 4) is 5.69 Å². The molecule has 3 rings (SSSR count). The van der Waals surface area contributed by atoms with E-state index in [0.29, 0.717) is 17.6 Å². The van der Waals surface area contributed by atoms with Crippen molar-refractivity contribution < 1.29 is 4.92 Å². The molecule has 8 heteroatoms. The normalized spacial score (nSPS) is 11.2. The van der Waals surface area contributed by atoms with Crippen LogP contribution in [0, 0.1) is 10.1 Å². The van der Waals surface area contributed by atoms with Crippen LogP contribution < -0.4 is 5.32 Å². The topological polar surface area (TPSA) is 98.8 Å². The molecule has 0 aliphatic heterocycles. The molecule has 140 valence electrons. The van der Waals surface area contributed by atoms with Crippen molar-refractivity contribution >= 4 is 17.3 Å². The molecule has 0 saturated carbocycles. The third-order valence-electron chi connectivity index (χ3n) is 4.41. The van der Waals surface area contributed by atoms with E-state index in [9.17, 15) is 10.1 Å². The fourth-order valence-electron chi connectivity index (χ4n) is 2.72. The first-order valence-corrected chi connectivity index (χ1v) is 8.81. The zero-order valence-electron chi connectivity index (χ0n) is 15.7. The van der Waals surface area contributed by atoms with Crippen molar-refractivity contribution in [2.45, 2.75) is 39.5 Å². The number of nitrogens with one attached hydrogen (secondary N) is 1. The van der Waals surface area contributed by atoms with Crippen molar-refractivity contribution in [2.75, 3.05) is 5.32 Å². The van der Waals surface area contributed by atoms with Crippen LogP contribution in [0.1, 0.15) is 50.7 Å². The zero-order chi connectivity index (χ0) is 19.6. The van der Waals surface area contributed by atoms with E-state index in [-0.39, 0.29) is 11.6 Å². The molecule has 8 nitrogen and oxygen atoms in total. The van der Waals surface area contributed by atoms with Gasteiger partial charge in [-0.1, -0.05) is 51.0 Å². The second-order valence-corrected chi connectivity index (χ2v) is 6.97. The largest absolute Gasteiger partial charge is 0.317 e. The van der Waals surface area contributed by atoms with Gasteiger partial charge in [-0.05, 0) is 51.6 Å². The number of rotatable bonds is 6. The van der Waals surface area contributed by atoms with E-state index in [2.05, 4.69) is 34.7 Å². The molecular weight excluding hydrogens is 344 g/mol. The van der Waals surface area contributed by atoms with Crippen LogP contribution in [0.3, 0.4) is 0 Å². The van der Waals surface area contributed by atoms with Gasteiger partial charge in [0.2, 0.25) is 0 Å². The lowest BCUT2D eigenvalue weighted by atomic mass is 10.0. The summed E-state index contributed by atoms with van der Waals surface area (Å²) in [4.78, 5) is 11.1. The number of hydrogen-bond donors (Lipinski definition) is 1. The second kappa shape index (κ2) is 7.53. The summed E-state index contributed by atoms with van der Waals surface area (Å²) in [5.74, 6) is 0.933. The highest BCUT2D eigenvalue weighted by Gasteiger charge is 2.18. The average molecular weight is 366 g/mol. The number of aromatic nitrogens is 4. The first kappa shape index (κ1) is 18.5. The van der Waals surface area contributed by atoms with E-state index in [1.54, 1.807) is 12.1 Å². The second-order valence-electron chi connectivity index (χ2n) is 6.97. The van der Waals surface area contributed by atoms with Gasteiger partial charge in [0.25, 0.3) is 11.6 Å². The summed E-state index contributed by atoms with van der Waals surface area (Å²) in [7, 11) is 0. The minimum absolute atomic E-state index is 0.00842. The lowest BCUT2D eigenvalue weighted by Crippen LogP contribution is -2.06. The first-order chi connectivity index (χ1) is 12.9. The Morgan fingerprint density at radius 3 is 2.22 bits per heavy atom. The number of nitrogens with zero attached hydrogens (tertiary/aromatic N) is 5. The summed E-state index contributed by atoms with van der Waals surface area (Å²) < 4.78 is 1.52. The smallest absolute Gasteiger partial charge is 0.293 e. The molecule has 0 aliphatic rings. The first-order valence-electron chi connectivity index (χ1n) is 8.81. The summed E-state index contributed by atoms with van der Waals surface area (Å²) >= 11 is 0. The highest BCUT2D eigenvalue weighted by atomic mass is 16.6. The number of tetrazole rings is 1. The summed E-state index contributed by atoms with van der Waals surface area (Å²) in [6.07, 6.45) is 0. The predicted octanol–water partition coefficient (Wildman–Crippen LogP) is 4.56. The number of benzene rings is 2. The van der Waals surface area contributed by atoms with Gasteiger partial charge < -0.3 is 5.32 Å². The Labute approximate surface area is 157 Å². The third kappa shape index (κ3) is 3.94. The Hall–Kier alpha value is -3.29. The Bertz CT molecular complexity index is 947. The van der Waals surface area contributed by atoms with E-state index in [1.165, 1.54) is 10.2 Å². The molecule has 1 aromatic heterocycles. The Balaban J connectivity index is 1.94. The van der Waals surface area contributed by atoms with Gasteiger partial charge >= 0.3 is 0 Å². The van der Waals surface area contributed by atoms with Crippen LogP contribution in [-0.2, 0) is 0 Å². The lowest BCUT2D eigenvalue weighted by Gasteiger charge is -2.11. The Morgan fingerprint density at radius 1 is 1.00 bits per heavy atom. The maximum Gasteiger partial charge on any atom is 0.293 e. The van der Waals surface area contributed by atoms with Gasteiger partial charge in [0.05, 0.1) is 10.6 Å². The third-order valence-corrected chi connectivity index (χ3v) is 4.41. The monoisotopic (exact) mass is 366 g/mol. The van der Waals surface area contributed by atoms with Crippen molar-refractivity contribution in [2.24, 2.45) is 0 Å². The summed E-state index contributed by atoms with van der Waals surface area (Å²) in [5, 5.41) is 26.2. The van der Waals surface area contributed by atoms with Crippen molar-refractivity contribution in [3.63, 3.8) is 0 Å². The van der Waals surface area contributed by atoms with Gasteiger partial charge in [0.15, 0.2) is 0 Å². The van der Waals surface area contributed by atoms with Crippen LogP contribution in [0.2, 0.25) is 0 Å². The molecule has 0 amide bonds. The maximum atomic E-state index is 11.5. The van der Waals surface area contributed by atoms with Gasteiger partial charge in [-0.25, -0.2) is 0 Å². The van der Waals surface area contributed by atoms with E-state index in [1.807, 2.05) is 44.2 Å². The highest BCUT2D eigenvalue weighted by Crippen LogP contribution is 2.31. The lowest BCUT2D eigenvalue weighted by molar-refractivity contribution is -0.384. The van der Waals surface area contributed by atoms with Gasteiger partial charge in [-0.2, -0.15) is 4.68 Å². The molecule has 0 unspecified atom stereocenters. The van der Waals surface area contributed by atoms with Crippen molar-refractivity contribution in [3.05, 3.63) is 63.7 Å². The molecule has 1 heterocycles. The molecule has 1 N–H and O–H groups in total. The summed E-state index contributed by atoms with van der Waals surface area (Å²) in [6.45, 7) is 8.24. The SMILES string of the molecule is CC(C)c1ccc(-n2nnnc2Nc2ccc(C(C)C)cc2[N+](=O)[O-])cc1. The molecule has 3 aromatic rings. The molecule has 0 radical (unpaired) electrons. The van der Waals surface area contributed by atoms with Crippen LogP contribution in [0.5, 0.6) is 0 Å². The molecular formula is C19H22N6O2. The Morgan fingerprint density at radius 2 is 1.63 bits per heavy atom. The molecule has 0 bridgehead atoms. The number of anilines is 2. The van der Waals surface area contributed by atoms with Gasteiger partial charge in [-0.15, -0.1) is 0 Å². The van der Waals surface area contributed by atoms with E-state index in [4.69, 9.17) is 0 Å². The van der Waals surface area contributed by atoms with Gasteiger partial charge in [0, 0.05) is 6.07 Å². The standard InChI is InChI=1S/C19H22N6O2/c1-12(2)14-5-8-16(9-6-14)24-19(21-22-23-24)20-17-10-7-15(13(3)4)11-18(17)25(26)27/h5-13H,1-4H3,(H,20,21,23). The minimum Gasteiger partial charge on any atom is -0.317 e. The summed E-state index contributed by atoms with van der Waals surface area (Å²) in [5.41, 5.74) is 3.22. The van der Waals surface area contributed by atoms with E-state index >= 15 is 0 Å². The van der Waals surface area contributed by atoms with Crippen LogP contribution >= 0.6 is 0 Å². The van der Waals surface area contributed by atoms with Crippen LogP contribution in [0.25, 0.3) is 5.69 Å². The molecule has 0 atom stereocenters. The average Bonchev–Trinajstić information content (AvgIpc) is 3.09. The zero-order valence-corrected chi connectivity index (χ0v) is 15.7. The van der Waals surface area contributed by atoms with Crippen molar-refractivity contribution in [1.82, 2.24) is 20.2 Å². The van der Waals surface area contributed by atoms with Crippen molar-refractivity contribution in [1.29, 1.82) is 0 Å². The molecule has 0 fully saturated rings. The molecule has 0 spiro atoms. The minimum atomic E-state index is -0.403. The van der Waals surface area contributed by atoms with Gasteiger partial charge in [0.1, 0.15) is 5.69 Å². The number of hydrogen-bond acceptors (Lipinski definition) is 6. The maximum absolute atomic E-state index is 11.5. The summed E-state index contributed by atoms with van der Waals surface area (Å²) in [6, 6.07) is 13.0. The molecule has 2 aromatic carbocycles. The molecule has 0 saturated heterocycles. The van der Waals surface area contributed by atoms with Crippen LogP contribution in [-0.4, -0.2) is 25.1 Å². The van der Waals surface area contributed by atoms with E-state index in [0.717, 1.165) is 11.3 Å². The van der Waals surface area contributed by atoms with Crippen LogP contribution in [0.4, 0.5) is 17.3 Å².